The summed E-state index contributed by atoms with van der Waals surface area (Å²) < 4.78 is 1.64. The minimum absolute atomic E-state index is 0.0493. The van der Waals surface area contributed by atoms with Crippen LogP contribution in [0.15, 0.2) is 6.20 Å². The average Bonchev–Trinajstić information content (AvgIpc) is 2.76. The first-order valence-corrected chi connectivity index (χ1v) is 3.89. The Morgan fingerprint density at radius 2 is 2.23 bits per heavy atom. The number of aliphatic hydroxyl groups is 1. The second-order valence-electron chi connectivity index (χ2n) is 2.68. The van der Waals surface area contributed by atoms with Crippen molar-refractivity contribution < 1.29 is 5.11 Å². The third kappa shape index (κ3) is 1.99. The van der Waals surface area contributed by atoms with Gasteiger partial charge in [-0.05, 0) is 0 Å². The van der Waals surface area contributed by atoms with E-state index in [2.05, 4.69) is 32.2 Å². The van der Waals surface area contributed by atoms with E-state index in [1.54, 1.807) is 10.9 Å². The lowest BCUT2D eigenvalue weighted by atomic mass is 10.5. The Kier molecular flexibility index (Phi) is 2.47. The van der Waals surface area contributed by atoms with Gasteiger partial charge in [-0.2, -0.15) is 11.1 Å². The molecule has 0 saturated carbocycles. The summed E-state index contributed by atoms with van der Waals surface area (Å²) in [5, 5.41) is 16.3. The lowest BCUT2D eigenvalue weighted by Crippen LogP contribution is -2.38. The topological polar surface area (TPSA) is 99.1 Å². The monoisotopic (exact) mass is 185 g/mol. The van der Waals surface area contributed by atoms with E-state index in [-0.39, 0.29) is 12.8 Å². The fourth-order valence-corrected chi connectivity index (χ4v) is 1.06. The number of hydrogen-bond acceptors (Lipinski definition) is 7. The lowest BCUT2D eigenvalue weighted by Gasteiger charge is -2.06. The fraction of sp³-hybridized carbons (Fsp3) is 0.600. The summed E-state index contributed by atoms with van der Waals surface area (Å²) in [6.07, 6.45) is 1.75. The van der Waals surface area contributed by atoms with Gasteiger partial charge in [0, 0.05) is 0 Å². The van der Waals surface area contributed by atoms with Crippen molar-refractivity contribution in [3.8, 4) is 0 Å². The van der Waals surface area contributed by atoms with Gasteiger partial charge in [0.15, 0.2) is 0 Å². The highest BCUT2D eigenvalue weighted by Gasteiger charge is 2.13. The van der Waals surface area contributed by atoms with Crippen LogP contribution in [0.1, 0.15) is 5.69 Å². The van der Waals surface area contributed by atoms with Crippen LogP contribution in [-0.4, -0.2) is 26.3 Å². The molecule has 8 nitrogen and oxygen atoms in total. The molecule has 72 valence electrons. The van der Waals surface area contributed by atoms with Gasteiger partial charge in [0.25, 0.3) is 0 Å². The van der Waals surface area contributed by atoms with Crippen LogP contribution in [0, 0.1) is 0 Å². The van der Waals surface area contributed by atoms with Crippen molar-refractivity contribution in [3.63, 3.8) is 0 Å². The zero-order valence-corrected chi connectivity index (χ0v) is 6.86. The van der Waals surface area contributed by atoms with Gasteiger partial charge in [-0.15, -0.1) is 5.10 Å². The van der Waals surface area contributed by atoms with Gasteiger partial charge >= 0.3 is 0 Å². The summed E-state index contributed by atoms with van der Waals surface area (Å²) in [5.74, 6) is 0. The normalized spacial score (nSPS) is 18.2. The molecule has 0 bridgehead atoms. The van der Waals surface area contributed by atoms with E-state index in [1.807, 2.05) is 0 Å². The van der Waals surface area contributed by atoms with E-state index in [9.17, 15) is 0 Å². The number of nitrogens with one attached hydrogen (secondary N) is 4. The standard InChI is InChI=1S/C5H11N7O/c13-3-4-1-12(11-6-4)2-5-7-9-10-8-5/h1,5,7-10,13H,2-3H2. The van der Waals surface area contributed by atoms with Crippen LogP contribution in [0.25, 0.3) is 0 Å². The molecule has 1 fully saturated rings. The molecule has 8 heteroatoms. The predicted molar refractivity (Wildman–Crippen MR) is 42.3 cm³/mol. The molecule has 2 rings (SSSR count). The minimum Gasteiger partial charge on any atom is -0.390 e. The molecule has 1 aromatic heterocycles. The van der Waals surface area contributed by atoms with E-state index < -0.39 is 0 Å². The molecule has 0 amide bonds. The Labute approximate surface area is 74.2 Å². The molecule has 1 aliphatic rings. The first-order chi connectivity index (χ1) is 6.38. The molecule has 1 saturated heterocycles. The fourth-order valence-electron chi connectivity index (χ4n) is 1.06. The number of hydrogen-bond donors (Lipinski definition) is 5. The second kappa shape index (κ2) is 3.77. The van der Waals surface area contributed by atoms with E-state index in [0.29, 0.717) is 12.2 Å². The van der Waals surface area contributed by atoms with Gasteiger partial charge < -0.3 is 5.11 Å². The maximum absolute atomic E-state index is 8.74. The van der Waals surface area contributed by atoms with Crippen molar-refractivity contribution in [2.45, 2.75) is 19.3 Å². The first kappa shape index (κ1) is 8.53. The Bertz CT molecular complexity index is 268. The van der Waals surface area contributed by atoms with Crippen molar-refractivity contribution >= 4 is 0 Å². The molecule has 0 spiro atoms. The molecule has 5 N–H and O–H groups in total. The number of hydrazine groups is 3. The van der Waals surface area contributed by atoms with E-state index >= 15 is 0 Å². The quantitative estimate of drug-likeness (QED) is 0.347. The average molecular weight is 185 g/mol. The number of nitrogens with zero attached hydrogens (tertiary/aromatic N) is 3. The summed E-state index contributed by atoms with van der Waals surface area (Å²) in [5.41, 5.74) is 11.8. The van der Waals surface area contributed by atoms with Gasteiger partial charge in [0.1, 0.15) is 11.9 Å². The molecule has 0 unspecified atom stereocenters. The molecule has 2 heterocycles. The van der Waals surface area contributed by atoms with E-state index in [0.717, 1.165) is 0 Å². The number of rotatable bonds is 3. The molecule has 13 heavy (non-hydrogen) atoms. The van der Waals surface area contributed by atoms with Crippen molar-refractivity contribution in [3.05, 3.63) is 11.9 Å². The lowest BCUT2D eigenvalue weighted by molar-refractivity contribution is 0.276. The zero-order valence-electron chi connectivity index (χ0n) is 6.86. The van der Waals surface area contributed by atoms with Crippen molar-refractivity contribution in [1.29, 1.82) is 0 Å². The maximum atomic E-state index is 8.74. The molecule has 1 aliphatic heterocycles. The molecule has 0 aromatic carbocycles. The predicted octanol–water partition coefficient (Wildman–Crippen LogP) is -2.79. The Morgan fingerprint density at radius 3 is 2.85 bits per heavy atom. The van der Waals surface area contributed by atoms with Crippen LogP contribution < -0.4 is 21.9 Å². The van der Waals surface area contributed by atoms with Gasteiger partial charge in [-0.25, -0.2) is 15.5 Å². The van der Waals surface area contributed by atoms with Crippen LogP contribution in [-0.2, 0) is 13.2 Å². The molecule has 0 radical (unpaired) electrons. The van der Waals surface area contributed by atoms with Crippen LogP contribution >= 0.6 is 0 Å². The highest BCUT2D eigenvalue weighted by atomic mass is 16.3. The van der Waals surface area contributed by atoms with Gasteiger partial charge in [0.05, 0.1) is 19.3 Å². The Hall–Kier alpha value is -1.06. The van der Waals surface area contributed by atoms with Crippen LogP contribution in [0.4, 0.5) is 0 Å². The molecule has 1 aromatic rings. The third-order valence-corrected chi connectivity index (χ3v) is 1.67. The molecule has 0 aliphatic carbocycles. The molecular formula is C5H11N7O. The van der Waals surface area contributed by atoms with Crippen LogP contribution in [0.3, 0.4) is 0 Å². The summed E-state index contributed by atoms with van der Waals surface area (Å²) in [6, 6.07) is 0. The smallest absolute Gasteiger partial charge is 0.108 e. The summed E-state index contributed by atoms with van der Waals surface area (Å²) in [4.78, 5) is 0. The SMILES string of the molecule is OCc1cn(CC2NNNN2)nn1. The van der Waals surface area contributed by atoms with Crippen LogP contribution in [0.5, 0.6) is 0 Å². The molecular weight excluding hydrogens is 174 g/mol. The highest BCUT2D eigenvalue weighted by molar-refractivity contribution is 4.89. The van der Waals surface area contributed by atoms with E-state index in [4.69, 9.17) is 5.11 Å². The third-order valence-electron chi connectivity index (χ3n) is 1.67. The summed E-state index contributed by atoms with van der Waals surface area (Å²) >= 11 is 0. The van der Waals surface area contributed by atoms with Crippen molar-refractivity contribution in [1.82, 2.24) is 36.9 Å². The van der Waals surface area contributed by atoms with Gasteiger partial charge in [0.2, 0.25) is 0 Å². The van der Waals surface area contributed by atoms with Crippen LogP contribution in [0.2, 0.25) is 0 Å². The summed E-state index contributed by atoms with van der Waals surface area (Å²) in [6.45, 7) is 0.537. The molecule has 0 atom stereocenters. The highest BCUT2D eigenvalue weighted by Crippen LogP contribution is 1.93. The second-order valence-corrected chi connectivity index (χ2v) is 2.68. The maximum Gasteiger partial charge on any atom is 0.108 e. The van der Waals surface area contributed by atoms with E-state index in [1.165, 1.54) is 0 Å². The number of aromatic nitrogens is 3. The number of aliphatic hydroxyl groups excluding tert-OH is 1. The van der Waals surface area contributed by atoms with Crippen molar-refractivity contribution in [2.24, 2.45) is 0 Å². The zero-order chi connectivity index (χ0) is 9.10. The first-order valence-electron chi connectivity index (χ1n) is 3.89. The van der Waals surface area contributed by atoms with Gasteiger partial charge in [-0.1, -0.05) is 5.21 Å². The van der Waals surface area contributed by atoms with Gasteiger partial charge in [-0.3, -0.25) is 0 Å². The largest absolute Gasteiger partial charge is 0.390 e. The van der Waals surface area contributed by atoms with Crippen molar-refractivity contribution in [2.75, 3.05) is 0 Å². The Morgan fingerprint density at radius 1 is 1.46 bits per heavy atom. The minimum atomic E-state index is -0.0813. The summed E-state index contributed by atoms with van der Waals surface area (Å²) in [7, 11) is 0. The Balaban J connectivity index is 1.92.